The van der Waals surface area contributed by atoms with Gasteiger partial charge in [-0.25, -0.2) is 0 Å². The van der Waals surface area contributed by atoms with E-state index in [1.54, 1.807) is 6.07 Å². The van der Waals surface area contributed by atoms with E-state index in [1.165, 1.54) is 0 Å². The lowest BCUT2D eigenvalue weighted by Gasteiger charge is -2.27. The van der Waals surface area contributed by atoms with Crippen LogP contribution in [0.5, 0.6) is 0 Å². The van der Waals surface area contributed by atoms with Crippen LogP contribution < -0.4 is 5.73 Å². The zero-order valence-electron chi connectivity index (χ0n) is 11.7. The van der Waals surface area contributed by atoms with Crippen LogP contribution in [0.25, 0.3) is 11.0 Å². The Hall–Kier alpha value is -1.52. The van der Waals surface area contributed by atoms with Gasteiger partial charge in [0, 0.05) is 28.6 Å². The second-order valence-corrected chi connectivity index (χ2v) is 5.96. The monoisotopic (exact) mass is 292 g/mol. The number of amides is 1. The van der Waals surface area contributed by atoms with Gasteiger partial charge < -0.3 is 10.2 Å². The molecule has 3 rings (SSSR count). The van der Waals surface area contributed by atoms with Crippen LogP contribution >= 0.6 is 11.6 Å². The van der Waals surface area contributed by atoms with Gasteiger partial charge in [0.05, 0.1) is 0 Å². The molecule has 0 aliphatic carbocycles. The second-order valence-electron chi connectivity index (χ2n) is 5.55. The number of halogens is 1. The molecule has 2 N–H and O–H groups in total. The first-order valence-electron chi connectivity index (χ1n) is 6.65. The maximum atomic E-state index is 11.6. The summed E-state index contributed by atoms with van der Waals surface area (Å²) in [6.45, 7) is 4.94. The minimum atomic E-state index is -0.533. The summed E-state index contributed by atoms with van der Waals surface area (Å²) in [4.78, 5) is 13.8. The summed E-state index contributed by atoms with van der Waals surface area (Å²) in [5, 5.41) is 1.67. The van der Waals surface area contributed by atoms with E-state index in [1.807, 2.05) is 13.1 Å². The lowest BCUT2D eigenvalue weighted by atomic mass is 9.91. The van der Waals surface area contributed by atoms with Gasteiger partial charge in [-0.1, -0.05) is 18.5 Å². The molecule has 2 heterocycles. The van der Waals surface area contributed by atoms with Gasteiger partial charge >= 0.3 is 0 Å². The van der Waals surface area contributed by atoms with Gasteiger partial charge in [-0.05, 0) is 37.6 Å². The highest BCUT2D eigenvalue weighted by atomic mass is 35.5. The fourth-order valence-corrected chi connectivity index (χ4v) is 3.40. The summed E-state index contributed by atoms with van der Waals surface area (Å²) in [5.41, 5.74) is 8.03. The van der Waals surface area contributed by atoms with Crippen molar-refractivity contribution in [2.75, 3.05) is 7.05 Å². The Morgan fingerprint density at radius 3 is 2.80 bits per heavy atom. The van der Waals surface area contributed by atoms with Crippen molar-refractivity contribution in [3.8, 4) is 0 Å². The highest BCUT2D eigenvalue weighted by Crippen LogP contribution is 2.42. The molecule has 1 aliphatic rings. The average Bonchev–Trinajstić information content (AvgIpc) is 2.71. The minimum absolute atomic E-state index is 0.246. The number of hydrogen-bond acceptors (Lipinski definition) is 3. The zero-order valence-corrected chi connectivity index (χ0v) is 12.5. The number of carbonyl (C=O) groups excluding carboxylic acids is 1. The standard InChI is InChI=1S/C15H17ClN2O2/c1-7-8(2)18(3)6-9-13-11(20-14(9)15(17)19)5-4-10(16)12(7)13/h4-5,7-8H,6H2,1-3H3,(H2,17,19). The fraction of sp³-hybridized carbons (Fsp3) is 0.400. The van der Waals surface area contributed by atoms with E-state index in [0.29, 0.717) is 23.2 Å². The molecule has 1 amide bonds. The largest absolute Gasteiger partial charge is 0.451 e. The third-order valence-electron chi connectivity index (χ3n) is 4.45. The van der Waals surface area contributed by atoms with Crippen molar-refractivity contribution in [3.63, 3.8) is 0 Å². The molecular weight excluding hydrogens is 276 g/mol. The van der Waals surface area contributed by atoms with E-state index in [2.05, 4.69) is 18.7 Å². The van der Waals surface area contributed by atoms with Crippen molar-refractivity contribution in [1.29, 1.82) is 0 Å². The third kappa shape index (κ3) is 1.75. The van der Waals surface area contributed by atoms with Gasteiger partial charge in [-0.15, -0.1) is 0 Å². The van der Waals surface area contributed by atoms with E-state index >= 15 is 0 Å². The molecule has 1 aromatic heterocycles. The van der Waals surface area contributed by atoms with Gasteiger partial charge in [-0.2, -0.15) is 0 Å². The Balaban J connectivity index is 2.42. The molecule has 0 saturated heterocycles. The molecule has 1 aromatic carbocycles. The number of likely N-dealkylation sites (N-methyl/N-ethyl adjacent to an activating group) is 1. The maximum Gasteiger partial charge on any atom is 0.284 e. The van der Waals surface area contributed by atoms with Crippen LogP contribution in [0.2, 0.25) is 5.02 Å². The van der Waals surface area contributed by atoms with Crippen molar-refractivity contribution in [1.82, 2.24) is 4.90 Å². The summed E-state index contributed by atoms with van der Waals surface area (Å²) in [7, 11) is 2.03. The molecule has 106 valence electrons. The number of furan rings is 1. The smallest absolute Gasteiger partial charge is 0.284 e. The molecule has 2 atom stereocenters. The average molecular weight is 293 g/mol. The highest BCUT2D eigenvalue weighted by Gasteiger charge is 2.32. The van der Waals surface area contributed by atoms with Gasteiger partial charge in [0.25, 0.3) is 5.91 Å². The number of primary amides is 1. The summed E-state index contributed by atoms with van der Waals surface area (Å²) in [6.07, 6.45) is 0. The molecule has 0 spiro atoms. The van der Waals surface area contributed by atoms with Crippen molar-refractivity contribution >= 4 is 28.5 Å². The van der Waals surface area contributed by atoms with Crippen molar-refractivity contribution in [2.24, 2.45) is 5.73 Å². The summed E-state index contributed by atoms with van der Waals surface area (Å²) < 4.78 is 5.65. The van der Waals surface area contributed by atoms with Crippen LogP contribution in [0, 0.1) is 0 Å². The summed E-state index contributed by atoms with van der Waals surface area (Å²) >= 11 is 6.40. The number of hydrogen-bond donors (Lipinski definition) is 1. The molecule has 2 aromatic rings. The number of benzene rings is 1. The number of carbonyl (C=O) groups is 1. The zero-order chi connectivity index (χ0) is 14.6. The molecule has 0 bridgehead atoms. The van der Waals surface area contributed by atoms with Crippen LogP contribution in [0.1, 0.15) is 41.4 Å². The molecule has 0 saturated carbocycles. The van der Waals surface area contributed by atoms with Gasteiger partial charge in [0.2, 0.25) is 0 Å². The molecule has 4 nitrogen and oxygen atoms in total. The van der Waals surface area contributed by atoms with E-state index in [9.17, 15) is 4.79 Å². The topological polar surface area (TPSA) is 59.5 Å². The summed E-state index contributed by atoms with van der Waals surface area (Å²) in [6, 6.07) is 3.94. The second kappa shape index (κ2) is 4.50. The SMILES string of the molecule is CC1c2c(Cl)ccc3oc(C(N)=O)c(c23)CN(C)C1C. The van der Waals surface area contributed by atoms with E-state index in [0.717, 1.165) is 16.5 Å². The molecule has 0 fully saturated rings. The highest BCUT2D eigenvalue weighted by molar-refractivity contribution is 6.32. The maximum absolute atomic E-state index is 11.6. The molecule has 0 radical (unpaired) electrons. The van der Waals surface area contributed by atoms with E-state index < -0.39 is 5.91 Å². The first-order chi connectivity index (χ1) is 9.41. The van der Waals surface area contributed by atoms with E-state index in [-0.39, 0.29) is 11.7 Å². The predicted molar refractivity (Wildman–Crippen MR) is 79.1 cm³/mol. The number of nitrogens with zero attached hydrogens (tertiary/aromatic N) is 1. The molecule has 2 unspecified atom stereocenters. The lowest BCUT2D eigenvalue weighted by molar-refractivity contribution is 0.0972. The lowest BCUT2D eigenvalue weighted by Crippen LogP contribution is -2.31. The van der Waals surface area contributed by atoms with Crippen LogP contribution in [0.4, 0.5) is 0 Å². The Labute approximate surface area is 122 Å². The van der Waals surface area contributed by atoms with Gasteiger partial charge in [-0.3, -0.25) is 9.69 Å². The minimum Gasteiger partial charge on any atom is -0.451 e. The van der Waals surface area contributed by atoms with Crippen molar-refractivity contribution in [3.05, 3.63) is 34.0 Å². The Morgan fingerprint density at radius 2 is 2.15 bits per heavy atom. The molecule has 5 heteroatoms. The van der Waals surface area contributed by atoms with Crippen LogP contribution in [0.15, 0.2) is 16.5 Å². The first-order valence-corrected chi connectivity index (χ1v) is 7.03. The third-order valence-corrected chi connectivity index (χ3v) is 4.78. The quantitative estimate of drug-likeness (QED) is 0.878. The van der Waals surface area contributed by atoms with Crippen LogP contribution in [-0.4, -0.2) is 23.9 Å². The first kappa shape index (κ1) is 13.5. The fourth-order valence-electron chi connectivity index (χ4n) is 3.07. The number of rotatable bonds is 1. The van der Waals surface area contributed by atoms with Crippen LogP contribution in [0.3, 0.4) is 0 Å². The van der Waals surface area contributed by atoms with Gasteiger partial charge in [0.1, 0.15) is 5.58 Å². The Bertz CT molecular complexity index is 707. The number of nitrogens with two attached hydrogens (primary N) is 1. The Morgan fingerprint density at radius 1 is 1.45 bits per heavy atom. The van der Waals surface area contributed by atoms with Crippen LogP contribution in [-0.2, 0) is 6.54 Å². The normalized spacial score (nSPS) is 23.0. The van der Waals surface area contributed by atoms with Crippen molar-refractivity contribution < 1.29 is 9.21 Å². The summed E-state index contributed by atoms with van der Waals surface area (Å²) in [5.74, 6) is -0.0404. The predicted octanol–water partition coefficient (Wildman–Crippen LogP) is 3.12. The van der Waals surface area contributed by atoms with Gasteiger partial charge in [0.15, 0.2) is 5.76 Å². The van der Waals surface area contributed by atoms with E-state index in [4.69, 9.17) is 21.8 Å². The Kier molecular flexibility index (Phi) is 3.03. The molecule has 20 heavy (non-hydrogen) atoms. The molecular formula is C15H17ClN2O2. The van der Waals surface area contributed by atoms with Crippen molar-refractivity contribution in [2.45, 2.75) is 32.4 Å². The molecule has 1 aliphatic heterocycles.